The molecule has 0 saturated heterocycles. The third kappa shape index (κ3) is 3.75. The molecule has 21 heavy (non-hydrogen) atoms. The normalized spacial score (nSPS) is 11.1. The van der Waals surface area contributed by atoms with Crippen molar-refractivity contribution in [3.8, 4) is 0 Å². The van der Waals surface area contributed by atoms with Crippen molar-refractivity contribution in [3.05, 3.63) is 52.5 Å². The maximum absolute atomic E-state index is 6.12. The van der Waals surface area contributed by atoms with E-state index in [9.17, 15) is 0 Å². The first-order valence-electron chi connectivity index (χ1n) is 6.69. The van der Waals surface area contributed by atoms with Crippen LogP contribution >= 0.6 is 22.9 Å². The number of fused-ring (bicyclic) bond motifs is 1. The van der Waals surface area contributed by atoms with Crippen molar-refractivity contribution in [3.63, 3.8) is 0 Å². The summed E-state index contributed by atoms with van der Waals surface area (Å²) in [5.74, 6) is 0.638. The first kappa shape index (κ1) is 14.4. The van der Waals surface area contributed by atoms with Crippen LogP contribution in [-0.4, -0.2) is 21.6 Å². The Morgan fingerprint density at radius 1 is 1.14 bits per heavy atom. The van der Waals surface area contributed by atoms with Crippen LogP contribution in [0.25, 0.3) is 10.2 Å². The fourth-order valence-electron chi connectivity index (χ4n) is 2.02. The van der Waals surface area contributed by atoms with Crippen molar-refractivity contribution in [1.82, 2.24) is 15.0 Å². The second kappa shape index (κ2) is 6.93. The molecule has 0 atom stereocenters. The van der Waals surface area contributed by atoms with Gasteiger partial charge in [-0.15, -0.1) is 11.3 Å². The van der Waals surface area contributed by atoms with E-state index in [4.69, 9.17) is 16.3 Å². The molecule has 0 radical (unpaired) electrons. The highest BCUT2D eigenvalue weighted by Gasteiger charge is 2.06. The SMILES string of the molecule is Clc1nc(COCCCc2ccncc2)nc2sccc12. The molecule has 0 aromatic carbocycles. The molecule has 0 aliphatic carbocycles. The summed E-state index contributed by atoms with van der Waals surface area (Å²) < 4.78 is 5.63. The molecule has 0 saturated carbocycles. The number of pyridine rings is 1. The van der Waals surface area contributed by atoms with Crippen LogP contribution < -0.4 is 0 Å². The molecule has 0 spiro atoms. The number of rotatable bonds is 6. The van der Waals surface area contributed by atoms with Crippen molar-refractivity contribution < 1.29 is 4.74 Å². The molecule has 108 valence electrons. The standard InChI is InChI=1S/C15H14ClN3OS/c16-14-12-5-9-21-15(12)19-13(18-14)10-20-8-1-2-11-3-6-17-7-4-11/h3-7,9H,1-2,8,10H2. The molecule has 0 unspecified atom stereocenters. The van der Waals surface area contributed by atoms with Gasteiger partial charge in [0.15, 0.2) is 5.82 Å². The van der Waals surface area contributed by atoms with Crippen LogP contribution in [0.15, 0.2) is 36.0 Å². The van der Waals surface area contributed by atoms with Crippen molar-refractivity contribution in [2.75, 3.05) is 6.61 Å². The monoisotopic (exact) mass is 319 g/mol. The zero-order chi connectivity index (χ0) is 14.5. The number of thiophene rings is 1. The second-order valence-corrected chi connectivity index (χ2v) is 5.83. The molecule has 0 fully saturated rings. The van der Waals surface area contributed by atoms with Gasteiger partial charge in [-0.3, -0.25) is 4.98 Å². The minimum Gasteiger partial charge on any atom is -0.373 e. The second-order valence-electron chi connectivity index (χ2n) is 4.58. The predicted octanol–water partition coefficient (Wildman–Crippen LogP) is 3.89. The van der Waals surface area contributed by atoms with Gasteiger partial charge in [-0.2, -0.15) is 0 Å². The highest BCUT2D eigenvalue weighted by Crippen LogP contribution is 2.24. The average molecular weight is 320 g/mol. The molecule has 6 heteroatoms. The topological polar surface area (TPSA) is 47.9 Å². The van der Waals surface area contributed by atoms with Crippen molar-refractivity contribution in [1.29, 1.82) is 0 Å². The van der Waals surface area contributed by atoms with E-state index in [2.05, 4.69) is 15.0 Å². The zero-order valence-corrected chi connectivity index (χ0v) is 12.9. The molecule has 4 nitrogen and oxygen atoms in total. The summed E-state index contributed by atoms with van der Waals surface area (Å²) >= 11 is 7.68. The first-order valence-corrected chi connectivity index (χ1v) is 7.95. The van der Waals surface area contributed by atoms with E-state index in [0.29, 0.717) is 24.2 Å². The minimum atomic E-state index is 0.393. The molecular weight excluding hydrogens is 306 g/mol. The van der Waals surface area contributed by atoms with Crippen LogP contribution in [0.4, 0.5) is 0 Å². The Hall–Kier alpha value is -1.56. The summed E-state index contributed by atoms with van der Waals surface area (Å²) in [6.45, 7) is 1.07. The van der Waals surface area contributed by atoms with Gasteiger partial charge in [-0.05, 0) is 42.0 Å². The number of hydrogen-bond donors (Lipinski definition) is 0. The highest BCUT2D eigenvalue weighted by molar-refractivity contribution is 7.16. The van der Waals surface area contributed by atoms with E-state index in [-0.39, 0.29) is 0 Å². The molecule has 3 heterocycles. The lowest BCUT2D eigenvalue weighted by Gasteiger charge is -2.04. The van der Waals surface area contributed by atoms with E-state index in [1.54, 1.807) is 11.3 Å². The van der Waals surface area contributed by atoms with Crippen LogP contribution in [0, 0.1) is 0 Å². The molecule has 0 aliphatic rings. The van der Waals surface area contributed by atoms with E-state index in [1.165, 1.54) is 5.56 Å². The van der Waals surface area contributed by atoms with Gasteiger partial charge in [0.2, 0.25) is 0 Å². The molecule has 0 N–H and O–H groups in total. The summed E-state index contributed by atoms with van der Waals surface area (Å²) in [6.07, 6.45) is 5.55. The fourth-order valence-corrected chi connectivity index (χ4v) is 3.11. The highest BCUT2D eigenvalue weighted by atomic mass is 35.5. The summed E-state index contributed by atoms with van der Waals surface area (Å²) in [4.78, 5) is 13.6. The van der Waals surface area contributed by atoms with Crippen LogP contribution in [0.1, 0.15) is 17.8 Å². The van der Waals surface area contributed by atoms with E-state index < -0.39 is 0 Å². The molecule has 0 amide bonds. The Labute approximate surface area is 131 Å². The third-order valence-corrected chi connectivity index (χ3v) is 4.15. The molecule has 0 bridgehead atoms. The van der Waals surface area contributed by atoms with Gasteiger partial charge in [0.1, 0.15) is 16.6 Å². The van der Waals surface area contributed by atoms with Crippen molar-refractivity contribution >= 4 is 33.2 Å². The molecule has 3 rings (SSSR count). The van der Waals surface area contributed by atoms with Gasteiger partial charge in [0.25, 0.3) is 0 Å². The van der Waals surface area contributed by atoms with Crippen LogP contribution in [0.3, 0.4) is 0 Å². The lowest BCUT2D eigenvalue weighted by molar-refractivity contribution is 0.113. The minimum absolute atomic E-state index is 0.393. The van der Waals surface area contributed by atoms with Gasteiger partial charge >= 0.3 is 0 Å². The smallest absolute Gasteiger partial charge is 0.157 e. The summed E-state index contributed by atoms with van der Waals surface area (Å²) in [6, 6.07) is 5.98. The maximum atomic E-state index is 6.12. The van der Waals surface area contributed by atoms with Gasteiger partial charge in [0, 0.05) is 24.4 Å². The Bertz CT molecular complexity index is 717. The number of aromatic nitrogens is 3. The van der Waals surface area contributed by atoms with Crippen molar-refractivity contribution in [2.45, 2.75) is 19.4 Å². The largest absolute Gasteiger partial charge is 0.373 e. The Morgan fingerprint density at radius 2 is 2.00 bits per heavy atom. The lowest BCUT2D eigenvalue weighted by Crippen LogP contribution is -2.01. The van der Waals surface area contributed by atoms with Crippen molar-refractivity contribution in [2.24, 2.45) is 0 Å². The first-order chi connectivity index (χ1) is 10.3. The van der Waals surface area contributed by atoms with Gasteiger partial charge in [-0.1, -0.05) is 11.6 Å². The van der Waals surface area contributed by atoms with Gasteiger partial charge < -0.3 is 4.74 Å². The Balaban J connectivity index is 1.48. The quantitative estimate of drug-likeness (QED) is 0.511. The Morgan fingerprint density at radius 3 is 2.86 bits per heavy atom. The van der Waals surface area contributed by atoms with E-state index in [1.807, 2.05) is 36.0 Å². The Kier molecular flexibility index (Phi) is 4.75. The summed E-state index contributed by atoms with van der Waals surface area (Å²) in [5, 5.41) is 3.37. The summed E-state index contributed by atoms with van der Waals surface area (Å²) in [7, 11) is 0. The average Bonchev–Trinajstić information content (AvgIpc) is 2.97. The molecule has 3 aromatic rings. The number of halogens is 1. The third-order valence-electron chi connectivity index (χ3n) is 3.06. The lowest BCUT2D eigenvalue weighted by atomic mass is 10.1. The maximum Gasteiger partial charge on any atom is 0.157 e. The molecule has 0 aliphatic heterocycles. The summed E-state index contributed by atoms with van der Waals surface area (Å²) in [5.41, 5.74) is 1.27. The van der Waals surface area contributed by atoms with Gasteiger partial charge in [-0.25, -0.2) is 9.97 Å². The van der Waals surface area contributed by atoms with E-state index >= 15 is 0 Å². The number of ether oxygens (including phenoxy) is 1. The number of hydrogen-bond acceptors (Lipinski definition) is 5. The fraction of sp³-hybridized carbons (Fsp3) is 0.267. The van der Waals surface area contributed by atoms with Crippen LogP contribution in [0.2, 0.25) is 5.15 Å². The molecule has 3 aromatic heterocycles. The van der Waals surface area contributed by atoms with E-state index in [0.717, 1.165) is 23.1 Å². The van der Waals surface area contributed by atoms with Crippen LogP contribution in [0.5, 0.6) is 0 Å². The predicted molar refractivity (Wildman–Crippen MR) is 84.6 cm³/mol. The number of nitrogens with zero attached hydrogens (tertiary/aromatic N) is 3. The van der Waals surface area contributed by atoms with Gasteiger partial charge in [0.05, 0.1) is 0 Å². The number of aryl methyl sites for hydroxylation is 1. The van der Waals surface area contributed by atoms with Crippen LogP contribution in [-0.2, 0) is 17.8 Å². The molecular formula is C15H14ClN3OS. The zero-order valence-electron chi connectivity index (χ0n) is 11.3.